The highest BCUT2D eigenvalue weighted by Gasteiger charge is 2.31. The average molecular weight is 275 g/mol. The number of hydrogen-bond donors (Lipinski definition) is 1. The second kappa shape index (κ2) is 5.61. The van der Waals surface area contributed by atoms with E-state index in [0.717, 1.165) is 12.1 Å². The summed E-state index contributed by atoms with van der Waals surface area (Å²) in [4.78, 5) is 13.0. The topological polar surface area (TPSA) is 40.5 Å². The van der Waals surface area contributed by atoms with Gasteiger partial charge in [0.2, 0.25) is 5.91 Å². The summed E-state index contributed by atoms with van der Waals surface area (Å²) in [5.74, 6) is -1.00. The quantitative estimate of drug-likeness (QED) is 0.920. The number of carbonyl (C=O) groups is 1. The average Bonchev–Trinajstić information content (AvgIpc) is 2.35. The molecule has 1 aromatic rings. The van der Waals surface area contributed by atoms with Crippen LogP contribution in [0, 0.1) is 5.92 Å². The lowest BCUT2D eigenvalue weighted by atomic mass is 9.95. The van der Waals surface area contributed by atoms with E-state index in [1.807, 2.05) is 0 Å². The molecule has 0 saturated carbocycles. The van der Waals surface area contributed by atoms with Crippen LogP contribution in [0.5, 0.6) is 0 Å². The molecule has 0 aliphatic carbocycles. The number of benzene rings is 1. The highest BCUT2D eigenvalue weighted by atomic mass is 19.4. The third kappa shape index (κ3) is 3.70. The van der Waals surface area contributed by atoms with Crippen molar-refractivity contribution >= 4 is 5.91 Å². The molecular formula is C13H16F3NO2. The Kier molecular flexibility index (Phi) is 4.57. The normalized spacial score (nSPS) is 14.9. The summed E-state index contributed by atoms with van der Waals surface area (Å²) in [5, 5.41) is 9.97. The molecule has 1 aromatic carbocycles. The molecule has 0 fully saturated rings. The van der Waals surface area contributed by atoms with Gasteiger partial charge in [0, 0.05) is 14.1 Å². The van der Waals surface area contributed by atoms with Crippen molar-refractivity contribution in [3.05, 3.63) is 35.4 Å². The second-order valence-electron chi connectivity index (χ2n) is 4.59. The molecule has 0 bridgehead atoms. The van der Waals surface area contributed by atoms with Crippen LogP contribution in [0.4, 0.5) is 13.2 Å². The molecular weight excluding hydrogens is 259 g/mol. The van der Waals surface area contributed by atoms with E-state index in [9.17, 15) is 23.1 Å². The maximum atomic E-state index is 12.4. The van der Waals surface area contributed by atoms with E-state index in [2.05, 4.69) is 0 Å². The number of aliphatic hydroxyl groups excluding tert-OH is 1. The van der Waals surface area contributed by atoms with Crippen LogP contribution in [-0.4, -0.2) is 30.0 Å². The molecule has 1 rings (SSSR count). The summed E-state index contributed by atoms with van der Waals surface area (Å²) < 4.78 is 37.2. The zero-order chi connectivity index (χ0) is 14.8. The first kappa shape index (κ1) is 15.5. The zero-order valence-corrected chi connectivity index (χ0v) is 10.9. The third-order valence-corrected chi connectivity index (χ3v) is 2.88. The molecule has 0 aromatic heterocycles. The van der Waals surface area contributed by atoms with Gasteiger partial charge in [-0.25, -0.2) is 0 Å². The number of amides is 1. The van der Waals surface area contributed by atoms with Gasteiger partial charge in [-0.05, 0) is 17.7 Å². The number of aliphatic hydroxyl groups is 1. The van der Waals surface area contributed by atoms with Crippen LogP contribution in [-0.2, 0) is 11.0 Å². The Labute approximate surface area is 109 Å². The highest BCUT2D eigenvalue weighted by molar-refractivity contribution is 5.78. The van der Waals surface area contributed by atoms with Crippen LogP contribution in [0.3, 0.4) is 0 Å². The van der Waals surface area contributed by atoms with E-state index in [1.54, 1.807) is 14.1 Å². The first-order chi connectivity index (χ1) is 8.64. The largest absolute Gasteiger partial charge is 0.416 e. The molecule has 3 nitrogen and oxygen atoms in total. The van der Waals surface area contributed by atoms with Crippen LogP contribution >= 0.6 is 0 Å². The number of nitrogens with zero attached hydrogens (tertiary/aromatic N) is 1. The zero-order valence-electron chi connectivity index (χ0n) is 10.9. The Morgan fingerprint density at radius 1 is 1.21 bits per heavy atom. The molecule has 6 heteroatoms. The fraction of sp³-hybridized carbons (Fsp3) is 0.462. The Balaban J connectivity index is 2.89. The van der Waals surface area contributed by atoms with E-state index < -0.39 is 23.8 Å². The standard InChI is InChI=1S/C13H16F3NO2/c1-8(12(19)17(2)3)11(18)9-4-6-10(7-5-9)13(14,15)16/h4-8,11,18H,1-3H3/t8-,11-/m0/s1. The minimum atomic E-state index is -4.41. The predicted octanol–water partition coefficient (Wildman–Crippen LogP) is 2.46. The van der Waals surface area contributed by atoms with Gasteiger partial charge in [-0.2, -0.15) is 13.2 Å². The van der Waals surface area contributed by atoms with Gasteiger partial charge in [-0.15, -0.1) is 0 Å². The van der Waals surface area contributed by atoms with Gasteiger partial charge >= 0.3 is 6.18 Å². The van der Waals surface area contributed by atoms with Gasteiger partial charge in [-0.1, -0.05) is 19.1 Å². The molecule has 0 saturated heterocycles. The van der Waals surface area contributed by atoms with Crippen molar-refractivity contribution in [2.45, 2.75) is 19.2 Å². The van der Waals surface area contributed by atoms with Crippen molar-refractivity contribution in [2.75, 3.05) is 14.1 Å². The molecule has 2 atom stereocenters. The van der Waals surface area contributed by atoms with Gasteiger partial charge in [0.25, 0.3) is 0 Å². The van der Waals surface area contributed by atoms with Crippen molar-refractivity contribution < 1.29 is 23.1 Å². The molecule has 19 heavy (non-hydrogen) atoms. The molecule has 0 aliphatic rings. The van der Waals surface area contributed by atoms with E-state index in [-0.39, 0.29) is 11.5 Å². The Morgan fingerprint density at radius 3 is 2.05 bits per heavy atom. The molecule has 0 radical (unpaired) electrons. The number of alkyl halides is 3. The predicted molar refractivity (Wildman–Crippen MR) is 64.3 cm³/mol. The van der Waals surface area contributed by atoms with Crippen molar-refractivity contribution in [3.63, 3.8) is 0 Å². The Hall–Kier alpha value is -1.56. The SMILES string of the molecule is C[C@H](C(=O)N(C)C)[C@H](O)c1ccc(C(F)(F)F)cc1. The molecule has 0 aliphatic heterocycles. The van der Waals surface area contributed by atoms with Crippen molar-refractivity contribution in [1.29, 1.82) is 0 Å². The Bertz CT molecular complexity index is 440. The van der Waals surface area contributed by atoms with Gasteiger partial charge in [0.1, 0.15) is 0 Å². The summed E-state index contributed by atoms with van der Waals surface area (Å²) in [6, 6.07) is 4.16. The number of rotatable bonds is 3. The van der Waals surface area contributed by atoms with E-state index in [1.165, 1.54) is 24.0 Å². The van der Waals surface area contributed by atoms with Crippen molar-refractivity contribution in [1.82, 2.24) is 4.90 Å². The maximum absolute atomic E-state index is 12.4. The summed E-state index contributed by atoms with van der Waals surface area (Å²) in [5.41, 5.74) is -0.495. The lowest BCUT2D eigenvalue weighted by Crippen LogP contribution is -2.31. The monoisotopic (exact) mass is 275 g/mol. The van der Waals surface area contributed by atoms with E-state index in [4.69, 9.17) is 0 Å². The number of carbonyl (C=O) groups excluding carboxylic acids is 1. The highest BCUT2D eigenvalue weighted by Crippen LogP contribution is 2.31. The first-order valence-corrected chi connectivity index (χ1v) is 5.71. The lowest BCUT2D eigenvalue weighted by molar-refractivity contribution is -0.138. The molecule has 106 valence electrons. The lowest BCUT2D eigenvalue weighted by Gasteiger charge is -2.22. The smallest absolute Gasteiger partial charge is 0.388 e. The molecule has 0 heterocycles. The van der Waals surface area contributed by atoms with Gasteiger partial charge in [0.05, 0.1) is 17.6 Å². The van der Waals surface area contributed by atoms with Crippen LogP contribution in [0.2, 0.25) is 0 Å². The van der Waals surface area contributed by atoms with Gasteiger partial charge < -0.3 is 10.0 Å². The number of hydrogen-bond acceptors (Lipinski definition) is 2. The first-order valence-electron chi connectivity index (χ1n) is 5.71. The number of halogens is 3. The maximum Gasteiger partial charge on any atom is 0.416 e. The van der Waals surface area contributed by atoms with Gasteiger partial charge in [-0.3, -0.25) is 4.79 Å². The minimum Gasteiger partial charge on any atom is -0.388 e. The minimum absolute atomic E-state index is 0.285. The Morgan fingerprint density at radius 2 is 1.68 bits per heavy atom. The molecule has 0 spiro atoms. The summed E-state index contributed by atoms with van der Waals surface area (Å²) in [7, 11) is 3.11. The third-order valence-electron chi connectivity index (χ3n) is 2.88. The van der Waals surface area contributed by atoms with Crippen LogP contribution in [0.1, 0.15) is 24.2 Å². The summed E-state index contributed by atoms with van der Waals surface area (Å²) in [6.45, 7) is 1.53. The van der Waals surface area contributed by atoms with Crippen LogP contribution in [0.15, 0.2) is 24.3 Å². The second-order valence-corrected chi connectivity index (χ2v) is 4.59. The van der Waals surface area contributed by atoms with Crippen LogP contribution in [0.25, 0.3) is 0 Å². The van der Waals surface area contributed by atoms with Crippen LogP contribution < -0.4 is 0 Å². The summed E-state index contributed by atoms with van der Waals surface area (Å²) >= 11 is 0. The van der Waals surface area contributed by atoms with E-state index in [0.29, 0.717) is 0 Å². The van der Waals surface area contributed by atoms with Gasteiger partial charge in [0.15, 0.2) is 0 Å². The molecule has 1 N–H and O–H groups in total. The molecule has 1 amide bonds. The van der Waals surface area contributed by atoms with E-state index >= 15 is 0 Å². The van der Waals surface area contributed by atoms with Crippen molar-refractivity contribution in [3.8, 4) is 0 Å². The fourth-order valence-corrected chi connectivity index (χ4v) is 1.70. The molecule has 0 unspecified atom stereocenters. The van der Waals surface area contributed by atoms with Crippen molar-refractivity contribution in [2.24, 2.45) is 5.92 Å². The summed E-state index contributed by atoms with van der Waals surface area (Å²) in [6.07, 6.45) is -5.54. The fourth-order valence-electron chi connectivity index (χ4n) is 1.70.